The molecule has 0 radical (unpaired) electrons. The van der Waals surface area contributed by atoms with Crippen LogP contribution in [-0.2, 0) is 16.4 Å². The minimum absolute atomic E-state index is 0.00324. The van der Waals surface area contributed by atoms with Crippen LogP contribution in [0.15, 0.2) is 18.2 Å². The first-order valence-electron chi connectivity index (χ1n) is 5.98. The third-order valence-corrected chi connectivity index (χ3v) is 5.28. The number of nitriles is 1. The van der Waals surface area contributed by atoms with Gasteiger partial charge in [0.15, 0.2) is 9.84 Å². The van der Waals surface area contributed by atoms with Crippen LogP contribution in [0.25, 0.3) is 0 Å². The van der Waals surface area contributed by atoms with Gasteiger partial charge in [0.25, 0.3) is 0 Å². The van der Waals surface area contributed by atoms with Gasteiger partial charge in [-0.1, -0.05) is 6.07 Å². The lowest BCUT2D eigenvalue weighted by molar-refractivity contribution is 0.395. The van der Waals surface area contributed by atoms with E-state index in [-0.39, 0.29) is 17.1 Å². The lowest BCUT2D eigenvalue weighted by atomic mass is 10.0. The van der Waals surface area contributed by atoms with Gasteiger partial charge in [0.05, 0.1) is 17.1 Å². The SMILES string of the molecule is CC1(NCc2ccc(F)c(C#N)c2)CCS(=O)(=O)C1. The Labute approximate surface area is 112 Å². The van der Waals surface area contributed by atoms with E-state index in [9.17, 15) is 12.8 Å². The molecule has 1 fully saturated rings. The van der Waals surface area contributed by atoms with Crippen molar-refractivity contribution in [1.29, 1.82) is 5.26 Å². The zero-order valence-corrected chi connectivity index (χ0v) is 11.4. The zero-order valence-electron chi connectivity index (χ0n) is 10.6. The van der Waals surface area contributed by atoms with E-state index >= 15 is 0 Å². The Balaban J connectivity index is 2.06. The molecule has 0 aromatic heterocycles. The summed E-state index contributed by atoms with van der Waals surface area (Å²) in [5.41, 5.74) is 0.326. The van der Waals surface area contributed by atoms with Crippen LogP contribution in [0.4, 0.5) is 4.39 Å². The number of benzene rings is 1. The van der Waals surface area contributed by atoms with Crippen molar-refractivity contribution in [3.05, 3.63) is 35.1 Å². The zero-order chi connectivity index (χ0) is 14.1. The summed E-state index contributed by atoms with van der Waals surface area (Å²) in [6, 6.07) is 6.12. The molecule has 0 spiro atoms. The van der Waals surface area contributed by atoms with Gasteiger partial charge in [-0.2, -0.15) is 5.26 Å². The van der Waals surface area contributed by atoms with Crippen LogP contribution < -0.4 is 5.32 Å². The maximum atomic E-state index is 13.2. The van der Waals surface area contributed by atoms with Crippen LogP contribution >= 0.6 is 0 Å². The molecule has 0 saturated carbocycles. The highest BCUT2D eigenvalue weighted by molar-refractivity contribution is 7.91. The second-order valence-electron chi connectivity index (χ2n) is 5.18. The Morgan fingerprint density at radius 1 is 1.53 bits per heavy atom. The third-order valence-electron chi connectivity index (χ3n) is 3.37. The summed E-state index contributed by atoms with van der Waals surface area (Å²) in [5.74, 6) is -0.226. The first kappa shape index (κ1) is 14.0. The van der Waals surface area contributed by atoms with Crippen LogP contribution in [0, 0.1) is 17.1 Å². The summed E-state index contributed by atoms with van der Waals surface area (Å²) >= 11 is 0. The molecule has 1 aliphatic heterocycles. The molecule has 1 saturated heterocycles. The molecule has 1 heterocycles. The largest absolute Gasteiger partial charge is 0.306 e. The summed E-state index contributed by atoms with van der Waals surface area (Å²) in [7, 11) is -2.95. The van der Waals surface area contributed by atoms with Crippen LogP contribution in [0.1, 0.15) is 24.5 Å². The normalized spacial score (nSPS) is 25.1. The van der Waals surface area contributed by atoms with Gasteiger partial charge in [0.2, 0.25) is 0 Å². The lowest BCUT2D eigenvalue weighted by Crippen LogP contribution is -2.42. The van der Waals surface area contributed by atoms with E-state index in [0.29, 0.717) is 13.0 Å². The predicted octanol–water partition coefficient (Wildman–Crippen LogP) is 1.36. The predicted molar refractivity (Wildman–Crippen MR) is 69.6 cm³/mol. The molecule has 2 rings (SSSR count). The van der Waals surface area contributed by atoms with Gasteiger partial charge in [-0.15, -0.1) is 0 Å². The average Bonchev–Trinajstić information content (AvgIpc) is 2.63. The molecular weight excluding hydrogens is 267 g/mol. The fourth-order valence-electron chi connectivity index (χ4n) is 2.23. The number of sulfone groups is 1. The number of hydrogen-bond donors (Lipinski definition) is 1. The number of nitrogens with one attached hydrogen (secondary N) is 1. The highest BCUT2D eigenvalue weighted by Gasteiger charge is 2.37. The van der Waals surface area contributed by atoms with Gasteiger partial charge in [0, 0.05) is 12.1 Å². The molecule has 1 aromatic rings. The Hall–Kier alpha value is -1.45. The Kier molecular flexibility index (Phi) is 3.61. The minimum Gasteiger partial charge on any atom is -0.306 e. The second-order valence-corrected chi connectivity index (χ2v) is 7.37. The Morgan fingerprint density at radius 3 is 2.84 bits per heavy atom. The van der Waals surface area contributed by atoms with Gasteiger partial charge in [-0.3, -0.25) is 0 Å². The highest BCUT2D eigenvalue weighted by Crippen LogP contribution is 2.23. The summed E-state index contributed by atoms with van der Waals surface area (Å²) in [6.07, 6.45) is 0.571. The van der Waals surface area contributed by atoms with E-state index in [1.165, 1.54) is 12.1 Å². The van der Waals surface area contributed by atoms with Crippen molar-refractivity contribution >= 4 is 9.84 Å². The van der Waals surface area contributed by atoms with Crippen molar-refractivity contribution in [2.45, 2.75) is 25.4 Å². The lowest BCUT2D eigenvalue weighted by Gasteiger charge is -2.24. The minimum atomic E-state index is -2.95. The number of nitrogens with zero attached hydrogens (tertiary/aromatic N) is 1. The molecule has 6 heteroatoms. The van der Waals surface area contributed by atoms with Crippen molar-refractivity contribution in [2.24, 2.45) is 0 Å². The molecule has 19 heavy (non-hydrogen) atoms. The van der Waals surface area contributed by atoms with Crippen molar-refractivity contribution < 1.29 is 12.8 Å². The summed E-state index contributed by atoms with van der Waals surface area (Å²) in [5, 5.41) is 11.9. The standard InChI is InChI=1S/C13H15FN2O2S/c1-13(4-5-19(17,18)9-13)16-8-10-2-3-12(14)11(6-10)7-15/h2-3,6,16H,4-5,8-9H2,1H3. The second kappa shape index (κ2) is 4.91. The molecular formula is C13H15FN2O2S. The van der Waals surface area contributed by atoms with Crippen LogP contribution in [0.5, 0.6) is 0 Å². The topological polar surface area (TPSA) is 70.0 Å². The molecule has 4 nitrogen and oxygen atoms in total. The maximum Gasteiger partial charge on any atom is 0.152 e. The molecule has 1 aliphatic rings. The van der Waals surface area contributed by atoms with Crippen molar-refractivity contribution in [2.75, 3.05) is 11.5 Å². The Bertz CT molecular complexity index is 637. The molecule has 1 unspecified atom stereocenters. The highest BCUT2D eigenvalue weighted by atomic mass is 32.2. The first-order chi connectivity index (χ1) is 8.84. The van der Waals surface area contributed by atoms with E-state index in [1.54, 1.807) is 12.1 Å². The monoisotopic (exact) mass is 282 g/mol. The van der Waals surface area contributed by atoms with E-state index in [2.05, 4.69) is 5.32 Å². The van der Waals surface area contributed by atoms with Gasteiger partial charge in [0.1, 0.15) is 11.9 Å². The third kappa shape index (κ3) is 3.31. The maximum absolute atomic E-state index is 13.2. The van der Waals surface area contributed by atoms with Gasteiger partial charge < -0.3 is 5.32 Å². The van der Waals surface area contributed by atoms with E-state index < -0.39 is 21.2 Å². The summed E-state index contributed by atoms with van der Waals surface area (Å²) < 4.78 is 36.1. The van der Waals surface area contributed by atoms with Crippen LogP contribution in [-0.4, -0.2) is 25.5 Å². The molecule has 1 N–H and O–H groups in total. The number of rotatable bonds is 3. The molecule has 0 amide bonds. The van der Waals surface area contributed by atoms with Gasteiger partial charge in [-0.05, 0) is 31.0 Å². The molecule has 1 aromatic carbocycles. The van der Waals surface area contributed by atoms with Crippen LogP contribution in [0.3, 0.4) is 0 Å². The summed E-state index contributed by atoms with van der Waals surface area (Å²) in [6.45, 7) is 2.28. The van der Waals surface area contributed by atoms with Gasteiger partial charge >= 0.3 is 0 Å². The fraction of sp³-hybridized carbons (Fsp3) is 0.462. The van der Waals surface area contributed by atoms with Crippen molar-refractivity contribution in [3.8, 4) is 6.07 Å². The molecule has 0 aliphatic carbocycles. The van der Waals surface area contributed by atoms with E-state index in [0.717, 1.165) is 5.56 Å². The quantitative estimate of drug-likeness (QED) is 0.909. The van der Waals surface area contributed by atoms with Crippen molar-refractivity contribution in [1.82, 2.24) is 5.32 Å². The number of halogens is 1. The Morgan fingerprint density at radius 2 is 2.26 bits per heavy atom. The van der Waals surface area contributed by atoms with Gasteiger partial charge in [-0.25, -0.2) is 12.8 Å². The van der Waals surface area contributed by atoms with Crippen LogP contribution in [0.2, 0.25) is 0 Å². The fourth-order valence-corrected chi connectivity index (χ4v) is 4.36. The van der Waals surface area contributed by atoms with E-state index in [1.807, 2.05) is 6.92 Å². The van der Waals surface area contributed by atoms with E-state index in [4.69, 9.17) is 5.26 Å². The first-order valence-corrected chi connectivity index (χ1v) is 7.80. The smallest absolute Gasteiger partial charge is 0.152 e. The number of hydrogen-bond acceptors (Lipinski definition) is 4. The summed E-state index contributed by atoms with van der Waals surface area (Å²) in [4.78, 5) is 0. The molecule has 102 valence electrons. The molecule has 1 atom stereocenters. The average molecular weight is 282 g/mol. The molecule has 0 bridgehead atoms. The van der Waals surface area contributed by atoms with Crippen molar-refractivity contribution in [3.63, 3.8) is 0 Å².